The molecule has 3 N–H and O–H groups in total. The Hall–Kier alpha value is -1.47. The standard InChI is InChI=1S/C13H18N2O3S2/c1-20(17,18)8-2-7-15-12(16)9-10-3-5-11(6-4-10)13(14)19/h3-6H,2,7-9H2,1H3,(H2,14,19)(H,15,16). The van der Waals surface area contributed by atoms with Crippen LogP contribution in [0.25, 0.3) is 0 Å². The van der Waals surface area contributed by atoms with Crippen LogP contribution >= 0.6 is 12.2 Å². The van der Waals surface area contributed by atoms with Gasteiger partial charge in [0.05, 0.1) is 12.2 Å². The molecular formula is C13H18N2O3S2. The highest BCUT2D eigenvalue weighted by Crippen LogP contribution is 2.05. The summed E-state index contributed by atoms with van der Waals surface area (Å²) in [6, 6.07) is 7.14. The molecule has 0 aromatic heterocycles. The third kappa shape index (κ3) is 6.63. The van der Waals surface area contributed by atoms with Gasteiger partial charge in [0.2, 0.25) is 5.91 Å². The third-order valence-corrected chi connectivity index (χ3v) is 3.88. The van der Waals surface area contributed by atoms with Gasteiger partial charge in [-0.2, -0.15) is 0 Å². The number of nitrogens with two attached hydrogens (primary N) is 1. The van der Waals surface area contributed by atoms with Gasteiger partial charge in [-0.05, 0) is 12.0 Å². The minimum Gasteiger partial charge on any atom is -0.389 e. The van der Waals surface area contributed by atoms with Crippen LogP contribution in [0, 0.1) is 0 Å². The lowest BCUT2D eigenvalue weighted by molar-refractivity contribution is -0.120. The van der Waals surface area contributed by atoms with Crippen LogP contribution in [0.15, 0.2) is 24.3 Å². The van der Waals surface area contributed by atoms with Crippen molar-refractivity contribution in [1.82, 2.24) is 5.32 Å². The van der Waals surface area contributed by atoms with Crippen molar-refractivity contribution in [1.29, 1.82) is 0 Å². The Morgan fingerprint density at radius 3 is 2.40 bits per heavy atom. The van der Waals surface area contributed by atoms with E-state index in [0.29, 0.717) is 18.0 Å². The molecule has 1 aromatic carbocycles. The van der Waals surface area contributed by atoms with Crippen molar-refractivity contribution >= 4 is 33.0 Å². The van der Waals surface area contributed by atoms with Crippen LogP contribution in [0.1, 0.15) is 17.5 Å². The van der Waals surface area contributed by atoms with E-state index in [2.05, 4.69) is 5.32 Å². The molecule has 5 nitrogen and oxygen atoms in total. The number of hydrogen-bond donors (Lipinski definition) is 2. The minimum atomic E-state index is -2.97. The van der Waals surface area contributed by atoms with Crippen LogP contribution in [-0.4, -0.2) is 37.9 Å². The van der Waals surface area contributed by atoms with E-state index in [9.17, 15) is 13.2 Å². The average Bonchev–Trinajstić information content (AvgIpc) is 2.34. The van der Waals surface area contributed by atoms with E-state index in [1.807, 2.05) is 0 Å². The molecule has 110 valence electrons. The first-order chi connectivity index (χ1) is 9.28. The molecule has 0 fully saturated rings. The van der Waals surface area contributed by atoms with Crippen molar-refractivity contribution in [2.45, 2.75) is 12.8 Å². The lowest BCUT2D eigenvalue weighted by atomic mass is 10.1. The zero-order chi connectivity index (χ0) is 15.2. The van der Waals surface area contributed by atoms with Gasteiger partial charge in [0.1, 0.15) is 14.8 Å². The summed E-state index contributed by atoms with van der Waals surface area (Å²) in [7, 11) is -2.97. The lowest BCUT2D eigenvalue weighted by Crippen LogP contribution is -2.27. The number of amides is 1. The van der Waals surface area contributed by atoms with Crippen LogP contribution in [-0.2, 0) is 21.1 Å². The van der Waals surface area contributed by atoms with Crippen LogP contribution in [0.2, 0.25) is 0 Å². The lowest BCUT2D eigenvalue weighted by Gasteiger charge is -2.05. The number of carbonyl (C=O) groups is 1. The zero-order valence-corrected chi connectivity index (χ0v) is 12.9. The molecule has 0 aliphatic heterocycles. The number of rotatable bonds is 7. The van der Waals surface area contributed by atoms with Crippen molar-refractivity contribution in [3.63, 3.8) is 0 Å². The van der Waals surface area contributed by atoms with Crippen molar-refractivity contribution in [2.75, 3.05) is 18.6 Å². The molecule has 0 atom stereocenters. The van der Waals surface area contributed by atoms with E-state index in [4.69, 9.17) is 18.0 Å². The second-order valence-electron chi connectivity index (χ2n) is 4.57. The van der Waals surface area contributed by atoms with Crippen LogP contribution in [0.3, 0.4) is 0 Å². The minimum absolute atomic E-state index is 0.0793. The SMILES string of the molecule is CS(=O)(=O)CCCNC(=O)Cc1ccc(C(N)=S)cc1. The summed E-state index contributed by atoms with van der Waals surface area (Å²) in [6.07, 6.45) is 1.85. The Balaban J connectivity index is 2.37. The number of sulfone groups is 1. The Kier molecular flexibility index (Phi) is 6.09. The molecule has 0 saturated carbocycles. The van der Waals surface area contributed by atoms with Gasteiger partial charge < -0.3 is 11.1 Å². The second-order valence-corrected chi connectivity index (χ2v) is 7.27. The Morgan fingerprint density at radius 2 is 1.90 bits per heavy atom. The Morgan fingerprint density at radius 1 is 1.30 bits per heavy atom. The third-order valence-electron chi connectivity index (χ3n) is 2.62. The summed E-state index contributed by atoms with van der Waals surface area (Å²) < 4.78 is 21.8. The molecule has 0 spiro atoms. The quantitative estimate of drug-likeness (QED) is 0.562. The number of nitrogens with one attached hydrogen (secondary N) is 1. The molecule has 0 bridgehead atoms. The molecule has 0 aliphatic rings. The fourth-order valence-electron chi connectivity index (χ4n) is 1.60. The van der Waals surface area contributed by atoms with E-state index in [-0.39, 0.29) is 18.1 Å². The number of carbonyl (C=O) groups excluding carboxylic acids is 1. The predicted molar refractivity (Wildman–Crippen MR) is 83.4 cm³/mol. The maximum absolute atomic E-state index is 11.6. The van der Waals surface area contributed by atoms with E-state index in [1.54, 1.807) is 24.3 Å². The van der Waals surface area contributed by atoms with Crippen molar-refractivity contribution in [2.24, 2.45) is 5.73 Å². The van der Waals surface area contributed by atoms with Crippen molar-refractivity contribution in [3.05, 3.63) is 35.4 Å². The number of thiocarbonyl (C=S) groups is 1. The van der Waals surface area contributed by atoms with Crippen molar-refractivity contribution < 1.29 is 13.2 Å². The van der Waals surface area contributed by atoms with E-state index in [0.717, 1.165) is 11.1 Å². The van der Waals surface area contributed by atoms with Gasteiger partial charge in [0.25, 0.3) is 0 Å². The first kappa shape index (κ1) is 16.6. The van der Waals surface area contributed by atoms with Crippen molar-refractivity contribution in [3.8, 4) is 0 Å². The topological polar surface area (TPSA) is 89.3 Å². The first-order valence-corrected chi connectivity index (χ1v) is 8.58. The predicted octanol–water partition coefficient (Wildman–Crippen LogP) is 0.414. The smallest absolute Gasteiger partial charge is 0.224 e. The summed E-state index contributed by atoms with van der Waals surface area (Å²) in [5, 5.41) is 2.69. The van der Waals surface area contributed by atoms with E-state index >= 15 is 0 Å². The van der Waals surface area contributed by atoms with Crippen LogP contribution in [0.5, 0.6) is 0 Å². The summed E-state index contributed by atoms with van der Waals surface area (Å²) >= 11 is 4.84. The maximum Gasteiger partial charge on any atom is 0.224 e. The summed E-state index contributed by atoms with van der Waals surface area (Å²) in [6.45, 7) is 0.358. The first-order valence-electron chi connectivity index (χ1n) is 6.11. The molecule has 0 heterocycles. The second kappa shape index (κ2) is 7.35. The molecule has 0 saturated heterocycles. The highest BCUT2D eigenvalue weighted by molar-refractivity contribution is 7.90. The molecular weight excluding hydrogens is 296 g/mol. The highest BCUT2D eigenvalue weighted by Gasteiger charge is 2.05. The van der Waals surface area contributed by atoms with Gasteiger partial charge in [-0.1, -0.05) is 36.5 Å². The van der Waals surface area contributed by atoms with Crippen LogP contribution < -0.4 is 11.1 Å². The molecule has 0 unspecified atom stereocenters. The van der Waals surface area contributed by atoms with Gasteiger partial charge in [-0.15, -0.1) is 0 Å². The van der Waals surface area contributed by atoms with Gasteiger partial charge in [-0.25, -0.2) is 8.42 Å². The summed E-state index contributed by atoms with van der Waals surface area (Å²) in [5.41, 5.74) is 7.10. The monoisotopic (exact) mass is 314 g/mol. The van der Waals surface area contributed by atoms with E-state index < -0.39 is 9.84 Å². The fourth-order valence-corrected chi connectivity index (χ4v) is 2.40. The Labute approximate surface area is 124 Å². The average molecular weight is 314 g/mol. The number of benzene rings is 1. The molecule has 1 amide bonds. The molecule has 0 aliphatic carbocycles. The van der Waals surface area contributed by atoms with Gasteiger partial charge >= 0.3 is 0 Å². The molecule has 1 aromatic rings. The molecule has 0 radical (unpaired) electrons. The van der Waals surface area contributed by atoms with Gasteiger partial charge in [0.15, 0.2) is 0 Å². The summed E-state index contributed by atoms with van der Waals surface area (Å²) in [5.74, 6) is -0.0581. The highest BCUT2D eigenvalue weighted by atomic mass is 32.2. The summed E-state index contributed by atoms with van der Waals surface area (Å²) in [4.78, 5) is 12.0. The number of hydrogen-bond acceptors (Lipinski definition) is 4. The van der Waals surface area contributed by atoms with Gasteiger partial charge in [-0.3, -0.25) is 4.79 Å². The fraction of sp³-hybridized carbons (Fsp3) is 0.385. The maximum atomic E-state index is 11.6. The van der Waals surface area contributed by atoms with E-state index in [1.165, 1.54) is 6.26 Å². The molecule has 20 heavy (non-hydrogen) atoms. The van der Waals surface area contributed by atoms with Crippen LogP contribution in [0.4, 0.5) is 0 Å². The normalized spacial score (nSPS) is 11.1. The molecule has 1 rings (SSSR count). The largest absolute Gasteiger partial charge is 0.389 e. The Bertz CT molecular complexity index is 580. The zero-order valence-electron chi connectivity index (χ0n) is 11.3. The van der Waals surface area contributed by atoms with Gasteiger partial charge in [0, 0.05) is 18.4 Å². The molecule has 7 heteroatoms.